The summed E-state index contributed by atoms with van der Waals surface area (Å²) in [6.45, 7) is 3.13. The Morgan fingerprint density at radius 1 is 1.89 bits per heavy atom. The third-order valence-corrected chi connectivity index (χ3v) is 2.35. The van der Waals surface area contributed by atoms with Crippen LogP contribution in [0.5, 0.6) is 0 Å². The maximum absolute atomic E-state index is 4.20. The molecule has 0 fully saturated rings. The Bertz CT molecular complexity index is 103. The zero-order valence-electron chi connectivity index (χ0n) is 5.63. The van der Waals surface area contributed by atoms with E-state index in [1.807, 2.05) is 18.0 Å². The average Bonchev–Trinajstić information content (AvgIpc) is 2.34. The van der Waals surface area contributed by atoms with Crippen LogP contribution in [-0.4, -0.2) is 24.0 Å². The molecule has 3 heteroatoms. The quantitative estimate of drug-likeness (QED) is 0.641. The molecule has 1 heterocycles. The minimum absolute atomic E-state index is 0.352. The molecule has 1 rings (SSSR count). The summed E-state index contributed by atoms with van der Waals surface area (Å²) >= 11 is 1.87. The normalized spacial score (nSPS) is 25.2. The van der Waals surface area contributed by atoms with Crippen molar-refractivity contribution >= 4 is 18.0 Å². The lowest BCUT2D eigenvalue weighted by Gasteiger charge is -2.04. The SMILES string of the molecule is CCCSC1N=CCN1. The van der Waals surface area contributed by atoms with Crippen LogP contribution in [0.4, 0.5) is 0 Å². The van der Waals surface area contributed by atoms with Crippen molar-refractivity contribution in [2.24, 2.45) is 4.99 Å². The molecule has 0 aromatic heterocycles. The summed E-state index contributed by atoms with van der Waals surface area (Å²) in [4.78, 5) is 4.20. The second-order valence-corrected chi connectivity index (χ2v) is 3.15. The third kappa shape index (κ3) is 2.37. The molecule has 1 aliphatic heterocycles. The summed E-state index contributed by atoms with van der Waals surface area (Å²) in [6.07, 6.45) is 3.17. The van der Waals surface area contributed by atoms with E-state index in [4.69, 9.17) is 0 Å². The van der Waals surface area contributed by atoms with Gasteiger partial charge in [-0.3, -0.25) is 10.3 Å². The fraction of sp³-hybridized carbons (Fsp3) is 0.833. The number of nitrogens with one attached hydrogen (secondary N) is 1. The van der Waals surface area contributed by atoms with E-state index in [9.17, 15) is 0 Å². The van der Waals surface area contributed by atoms with E-state index in [2.05, 4.69) is 17.2 Å². The van der Waals surface area contributed by atoms with Crippen LogP contribution in [0.3, 0.4) is 0 Å². The van der Waals surface area contributed by atoms with Crippen LogP contribution in [0.15, 0.2) is 4.99 Å². The number of nitrogens with zero attached hydrogens (tertiary/aromatic N) is 1. The summed E-state index contributed by atoms with van der Waals surface area (Å²) in [5.41, 5.74) is 0.352. The summed E-state index contributed by atoms with van der Waals surface area (Å²) < 4.78 is 0. The molecule has 1 N–H and O–H groups in total. The highest BCUT2D eigenvalue weighted by Crippen LogP contribution is 2.11. The summed E-state index contributed by atoms with van der Waals surface area (Å²) in [6, 6.07) is 0. The van der Waals surface area contributed by atoms with Crippen molar-refractivity contribution in [2.75, 3.05) is 12.3 Å². The van der Waals surface area contributed by atoms with Gasteiger partial charge in [0.25, 0.3) is 0 Å². The van der Waals surface area contributed by atoms with Crippen molar-refractivity contribution in [3.05, 3.63) is 0 Å². The highest BCUT2D eigenvalue weighted by atomic mass is 32.2. The van der Waals surface area contributed by atoms with Crippen LogP contribution < -0.4 is 5.32 Å². The standard InChI is InChI=1S/C6H12N2S/c1-2-5-9-6-7-3-4-8-6/h3,6,8H,2,4-5H2,1H3. The molecule has 0 saturated carbocycles. The van der Waals surface area contributed by atoms with Gasteiger partial charge in [0.1, 0.15) is 5.50 Å². The molecule has 1 aliphatic rings. The molecule has 1 atom stereocenters. The van der Waals surface area contributed by atoms with Crippen LogP contribution >= 0.6 is 11.8 Å². The van der Waals surface area contributed by atoms with Crippen LogP contribution in [0.25, 0.3) is 0 Å². The minimum atomic E-state index is 0.352. The predicted octanol–water partition coefficient (Wildman–Crippen LogP) is 1.09. The maximum atomic E-state index is 4.20. The molecular formula is C6H12N2S. The van der Waals surface area contributed by atoms with Gasteiger partial charge in [0.15, 0.2) is 0 Å². The van der Waals surface area contributed by atoms with Gasteiger partial charge in [-0.15, -0.1) is 11.8 Å². The Kier molecular flexibility index (Phi) is 3.08. The molecule has 9 heavy (non-hydrogen) atoms. The fourth-order valence-corrected chi connectivity index (χ4v) is 1.53. The van der Waals surface area contributed by atoms with Crippen molar-refractivity contribution in [3.63, 3.8) is 0 Å². The van der Waals surface area contributed by atoms with E-state index < -0.39 is 0 Å². The summed E-state index contributed by atoms with van der Waals surface area (Å²) in [7, 11) is 0. The Hall–Kier alpha value is -0.0200. The Labute approximate surface area is 60.1 Å². The second kappa shape index (κ2) is 3.90. The molecule has 2 nitrogen and oxygen atoms in total. The van der Waals surface area contributed by atoms with E-state index in [1.165, 1.54) is 12.2 Å². The van der Waals surface area contributed by atoms with Gasteiger partial charge in [-0.2, -0.15) is 0 Å². The first-order chi connectivity index (χ1) is 4.43. The fourth-order valence-electron chi connectivity index (χ4n) is 0.686. The molecule has 0 bridgehead atoms. The first kappa shape index (κ1) is 7.09. The molecule has 0 aromatic rings. The molecule has 0 radical (unpaired) electrons. The molecule has 52 valence electrons. The van der Waals surface area contributed by atoms with Crippen molar-refractivity contribution in [1.82, 2.24) is 5.32 Å². The van der Waals surface area contributed by atoms with Gasteiger partial charge in [0.2, 0.25) is 0 Å². The van der Waals surface area contributed by atoms with E-state index in [0.717, 1.165) is 6.54 Å². The maximum Gasteiger partial charge on any atom is 0.146 e. The highest BCUT2D eigenvalue weighted by Gasteiger charge is 2.06. The average molecular weight is 144 g/mol. The van der Waals surface area contributed by atoms with E-state index >= 15 is 0 Å². The minimum Gasteiger partial charge on any atom is -0.282 e. The van der Waals surface area contributed by atoms with Crippen LogP contribution in [0.1, 0.15) is 13.3 Å². The van der Waals surface area contributed by atoms with Gasteiger partial charge in [0.05, 0.1) is 0 Å². The lowest BCUT2D eigenvalue weighted by atomic mass is 10.6. The summed E-state index contributed by atoms with van der Waals surface area (Å²) in [5, 5.41) is 3.23. The number of hydrogen-bond donors (Lipinski definition) is 1. The lowest BCUT2D eigenvalue weighted by Crippen LogP contribution is -2.18. The van der Waals surface area contributed by atoms with Crippen molar-refractivity contribution < 1.29 is 0 Å². The molecule has 0 aliphatic carbocycles. The van der Waals surface area contributed by atoms with Crippen molar-refractivity contribution in [3.8, 4) is 0 Å². The van der Waals surface area contributed by atoms with E-state index in [1.54, 1.807) is 0 Å². The molecule has 1 unspecified atom stereocenters. The molecule has 0 amide bonds. The second-order valence-electron chi connectivity index (χ2n) is 1.96. The Balaban J connectivity index is 2.05. The first-order valence-electron chi connectivity index (χ1n) is 3.30. The number of rotatable bonds is 3. The lowest BCUT2D eigenvalue weighted by molar-refractivity contribution is 0.793. The smallest absolute Gasteiger partial charge is 0.146 e. The van der Waals surface area contributed by atoms with E-state index in [0.29, 0.717) is 5.50 Å². The van der Waals surface area contributed by atoms with Crippen molar-refractivity contribution in [1.29, 1.82) is 0 Å². The first-order valence-corrected chi connectivity index (χ1v) is 4.35. The number of thioether (sulfide) groups is 1. The van der Waals surface area contributed by atoms with Crippen LogP contribution in [-0.2, 0) is 0 Å². The molecule has 0 aromatic carbocycles. The zero-order chi connectivity index (χ0) is 6.53. The van der Waals surface area contributed by atoms with Gasteiger partial charge >= 0.3 is 0 Å². The molecule has 0 spiro atoms. The summed E-state index contributed by atoms with van der Waals surface area (Å²) in [5.74, 6) is 1.20. The van der Waals surface area contributed by atoms with Gasteiger partial charge in [-0.05, 0) is 12.2 Å². The van der Waals surface area contributed by atoms with Crippen molar-refractivity contribution in [2.45, 2.75) is 18.8 Å². The van der Waals surface area contributed by atoms with Crippen LogP contribution in [0, 0.1) is 0 Å². The topological polar surface area (TPSA) is 24.4 Å². The highest BCUT2D eigenvalue weighted by molar-refractivity contribution is 7.99. The van der Waals surface area contributed by atoms with Gasteiger partial charge in [-0.1, -0.05) is 6.92 Å². The largest absolute Gasteiger partial charge is 0.282 e. The van der Waals surface area contributed by atoms with Gasteiger partial charge < -0.3 is 0 Å². The molecule has 0 saturated heterocycles. The van der Waals surface area contributed by atoms with Gasteiger partial charge in [-0.25, -0.2) is 0 Å². The zero-order valence-corrected chi connectivity index (χ0v) is 6.45. The Morgan fingerprint density at radius 3 is 3.33 bits per heavy atom. The van der Waals surface area contributed by atoms with Gasteiger partial charge in [0, 0.05) is 12.8 Å². The van der Waals surface area contributed by atoms with Crippen LogP contribution in [0.2, 0.25) is 0 Å². The number of aliphatic imine (C=N–C) groups is 1. The Morgan fingerprint density at radius 2 is 2.78 bits per heavy atom. The monoisotopic (exact) mass is 144 g/mol. The van der Waals surface area contributed by atoms with E-state index in [-0.39, 0.29) is 0 Å². The molecular weight excluding hydrogens is 132 g/mol. The number of hydrogen-bond acceptors (Lipinski definition) is 3. The third-order valence-electron chi connectivity index (χ3n) is 1.10. The predicted molar refractivity (Wildman–Crippen MR) is 43.0 cm³/mol.